The molecule has 0 spiro atoms. The minimum absolute atomic E-state index is 0.0148. The molecule has 0 radical (unpaired) electrons. The molecule has 0 aliphatic carbocycles. The number of ether oxygens (including phenoxy) is 2. The summed E-state index contributed by atoms with van der Waals surface area (Å²) in [5.74, 6) is 1.86. The van der Waals surface area contributed by atoms with Gasteiger partial charge in [0.1, 0.15) is 0 Å². The number of nitrogens with zero attached hydrogens (tertiary/aromatic N) is 1. The average Bonchev–Trinajstić information content (AvgIpc) is 2.91. The number of carbonyl (C=O) groups excluding carboxylic acids is 1. The number of likely N-dealkylation sites (tertiary alicyclic amines) is 1. The molecule has 2 unspecified atom stereocenters. The van der Waals surface area contributed by atoms with Gasteiger partial charge >= 0.3 is 0 Å². The summed E-state index contributed by atoms with van der Waals surface area (Å²) in [5, 5.41) is 0.0148. The van der Waals surface area contributed by atoms with Gasteiger partial charge in [0.15, 0.2) is 11.5 Å². The SMILES string of the molecule is CSC(C)C(=O)N1CCCC1c1ccc2c(c1)OCCCO2. The molecule has 1 aromatic rings. The van der Waals surface area contributed by atoms with Crippen molar-refractivity contribution in [1.82, 2.24) is 4.90 Å². The molecule has 1 aromatic carbocycles. The van der Waals surface area contributed by atoms with Crippen LogP contribution in [0.2, 0.25) is 0 Å². The maximum absolute atomic E-state index is 12.6. The van der Waals surface area contributed by atoms with E-state index in [-0.39, 0.29) is 17.2 Å². The van der Waals surface area contributed by atoms with Gasteiger partial charge in [-0.3, -0.25) is 4.79 Å². The molecule has 3 rings (SSSR count). The van der Waals surface area contributed by atoms with E-state index < -0.39 is 0 Å². The first kappa shape index (κ1) is 15.5. The van der Waals surface area contributed by atoms with Crippen LogP contribution in [0.15, 0.2) is 18.2 Å². The molecular weight excluding hydrogens is 298 g/mol. The fraction of sp³-hybridized carbons (Fsp3) is 0.588. The summed E-state index contributed by atoms with van der Waals surface area (Å²) in [6.45, 7) is 4.22. The van der Waals surface area contributed by atoms with E-state index >= 15 is 0 Å². The molecule has 0 N–H and O–H groups in total. The van der Waals surface area contributed by atoms with Gasteiger partial charge in [0.05, 0.1) is 24.5 Å². The van der Waals surface area contributed by atoms with Gasteiger partial charge in [-0.05, 0) is 43.7 Å². The molecule has 0 aromatic heterocycles. The van der Waals surface area contributed by atoms with E-state index in [1.807, 2.05) is 24.1 Å². The van der Waals surface area contributed by atoms with Gasteiger partial charge in [-0.2, -0.15) is 11.8 Å². The van der Waals surface area contributed by atoms with E-state index in [1.54, 1.807) is 11.8 Å². The first-order valence-corrected chi connectivity index (χ1v) is 9.22. The van der Waals surface area contributed by atoms with Crippen LogP contribution in [0.25, 0.3) is 0 Å². The van der Waals surface area contributed by atoms with Crippen molar-refractivity contribution >= 4 is 17.7 Å². The lowest BCUT2D eigenvalue weighted by Crippen LogP contribution is -2.36. The lowest BCUT2D eigenvalue weighted by molar-refractivity contribution is -0.131. The number of carbonyl (C=O) groups is 1. The van der Waals surface area contributed by atoms with Crippen LogP contribution in [0.5, 0.6) is 11.5 Å². The van der Waals surface area contributed by atoms with Crippen molar-refractivity contribution in [3.05, 3.63) is 23.8 Å². The highest BCUT2D eigenvalue weighted by molar-refractivity contribution is 7.99. The Kier molecular flexibility index (Phi) is 4.81. The minimum Gasteiger partial charge on any atom is -0.490 e. The molecule has 120 valence electrons. The zero-order valence-corrected chi connectivity index (χ0v) is 14.0. The van der Waals surface area contributed by atoms with Gasteiger partial charge in [-0.1, -0.05) is 6.07 Å². The van der Waals surface area contributed by atoms with Crippen molar-refractivity contribution in [3.63, 3.8) is 0 Å². The fourth-order valence-corrected chi connectivity index (χ4v) is 3.44. The number of hydrogen-bond acceptors (Lipinski definition) is 4. The van der Waals surface area contributed by atoms with Gasteiger partial charge in [0.25, 0.3) is 0 Å². The summed E-state index contributed by atoms with van der Waals surface area (Å²) in [7, 11) is 0. The number of fused-ring (bicyclic) bond motifs is 1. The maximum atomic E-state index is 12.6. The number of amides is 1. The molecule has 22 heavy (non-hydrogen) atoms. The number of benzene rings is 1. The Labute approximate surface area is 136 Å². The quantitative estimate of drug-likeness (QED) is 0.856. The summed E-state index contributed by atoms with van der Waals surface area (Å²) in [6, 6.07) is 6.28. The zero-order chi connectivity index (χ0) is 15.5. The zero-order valence-electron chi connectivity index (χ0n) is 13.2. The maximum Gasteiger partial charge on any atom is 0.235 e. The Balaban J connectivity index is 1.83. The van der Waals surface area contributed by atoms with Crippen molar-refractivity contribution < 1.29 is 14.3 Å². The Morgan fingerprint density at radius 3 is 2.82 bits per heavy atom. The molecule has 2 atom stereocenters. The molecule has 1 fully saturated rings. The van der Waals surface area contributed by atoms with Crippen molar-refractivity contribution in [2.45, 2.75) is 37.5 Å². The van der Waals surface area contributed by atoms with Crippen LogP contribution < -0.4 is 9.47 Å². The summed E-state index contributed by atoms with van der Waals surface area (Å²) in [6.07, 6.45) is 4.98. The van der Waals surface area contributed by atoms with Crippen LogP contribution in [0.3, 0.4) is 0 Å². The topological polar surface area (TPSA) is 38.8 Å². The second-order valence-electron chi connectivity index (χ2n) is 5.82. The Morgan fingerprint density at radius 2 is 2.05 bits per heavy atom. The number of hydrogen-bond donors (Lipinski definition) is 0. The molecule has 0 saturated carbocycles. The Hall–Kier alpha value is -1.36. The first-order valence-electron chi connectivity index (χ1n) is 7.93. The number of thioether (sulfide) groups is 1. The third kappa shape index (κ3) is 3.05. The van der Waals surface area contributed by atoms with Crippen LogP contribution in [-0.2, 0) is 4.79 Å². The molecule has 2 heterocycles. The lowest BCUT2D eigenvalue weighted by atomic mass is 10.0. The highest BCUT2D eigenvalue weighted by Gasteiger charge is 2.32. The average molecular weight is 321 g/mol. The van der Waals surface area contributed by atoms with Crippen LogP contribution in [0.1, 0.15) is 37.8 Å². The largest absolute Gasteiger partial charge is 0.490 e. The van der Waals surface area contributed by atoms with Crippen molar-refractivity contribution in [3.8, 4) is 11.5 Å². The standard InChI is InChI=1S/C17H23NO3S/c1-12(22-2)17(19)18-8-3-5-14(18)13-6-7-15-16(11-13)21-10-4-9-20-15/h6-7,11-12,14H,3-5,8-10H2,1-2H3. The smallest absolute Gasteiger partial charge is 0.235 e. The second-order valence-corrected chi connectivity index (χ2v) is 7.00. The second kappa shape index (κ2) is 6.82. The molecule has 4 nitrogen and oxygen atoms in total. The molecular formula is C17H23NO3S. The normalized spacial score (nSPS) is 22.3. The predicted molar refractivity (Wildman–Crippen MR) is 88.7 cm³/mol. The van der Waals surface area contributed by atoms with Crippen LogP contribution >= 0.6 is 11.8 Å². The summed E-state index contributed by atoms with van der Waals surface area (Å²) in [4.78, 5) is 14.6. The molecule has 2 aliphatic rings. The number of rotatable bonds is 3. The lowest BCUT2D eigenvalue weighted by Gasteiger charge is -2.27. The van der Waals surface area contributed by atoms with E-state index in [1.165, 1.54) is 0 Å². The third-order valence-corrected chi connectivity index (χ3v) is 5.30. The van der Waals surface area contributed by atoms with E-state index in [0.29, 0.717) is 13.2 Å². The first-order chi connectivity index (χ1) is 10.7. The summed E-state index contributed by atoms with van der Waals surface area (Å²) >= 11 is 1.61. The highest BCUT2D eigenvalue weighted by Crippen LogP contribution is 2.38. The Morgan fingerprint density at radius 1 is 1.27 bits per heavy atom. The van der Waals surface area contributed by atoms with Crippen LogP contribution in [0.4, 0.5) is 0 Å². The van der Waals surface area contributed by atoms with Gasteiger partial charge in [0.2, 0.25) is 5.91 Å². The summed E-state index contributed by atoms with van der Waals surface area (Å²) < 4.78 is 11.5. The van der Waals surface area contributed by atoms with E-state index in [0.717, 1.165) is 42.9 Å². The predicted octanol–water partition coefficient (Wildman–Crippen LogP) is 3.26. The molecule has 2 aliphatic heterocycles. The van der Waals surface area contributed by atoms with E-state index in [9.17, 15) is 4.79 Å². The van der Waals surface area contributed by atoms with Crippen molar-refractivity contribution in [2.24, 2.45) is 0 Å². The molecule has 1 amide bonds. The minimum atomic E-state index is 0.0148. The van der Waals surface area contributed by atoms with Gasteiger partial charge < -0.3 is 14.4 Å². The fourth-order valence-electron chi connectivity index (χ4n) is 3.10. The van der Waals surface area contributed by atoms with Crippen molar-refractivity contribution in [1.29, 1.82) is 0 Å². The van der Waals surface area contributed by atoms with Gasteiger partial charge in [0, 0.05) is 13.0 Å². The molecule has 0 bridgehead atoms. The third-order valence-electron chi connectivity index (χ3n) is 4.39. The highest BCUT2D eigenvalue weighted by atomic mass is 32.2. The van der Waals surface area contributed by atoms with Gasteiger partial charge in [-0.25, -0.2) is 0 Å². The Bertz CT molecular complexity index is 549. The van der Waals surface area contributed by atoms with Crippen LogP contribution in [0, 0.1) is 0 Å². The van der Waals surface area contributed by atoms with Crippen molar-refractivity contribution in [2.75, 3.05) is 26.0 Å². The molecule has 5 heteroatoms. The monoisotopic (exact) mass is 321 g/mol. The van der Waals surface area contributed by atoms with E-state index in [4.69, 9.17) is 9.47 Å². The van der Waals surface area contributed by atoms with Gasteiger partial charge in [-0.15, -0.1) is 0 Å². The van der Waals surface area contributed by atoms with Crippen LogP contribution in [-0.4, -0.2) is 42.1 Å². The summed E-state index contributed by atoms with van der Waals surface area (Å²) in [5.41, 5.74) is 1.16. The molecule has 1 saturated heterocycles. The van der Waals surface area contributed by atoms with E-state index in [2.05, 4.69) is 12.1 Å².